The summed E-state index contributed by atoms with van der Waals surface area (Å²) < 4.78 is 16.1. The van der Waals surface area contributed by atoms with Crippen molar-refractivity contribution in [2.24, 2.45) is 0 Å². The van der Waals surface area contributed by atoms with Crippen LogP contribution in [0.5, 0.6) is 11.5 Å². The SMILES string of the molecule is COC(=O)CS[C@@H]1CCN(C(=O)CCc2ccc(OC)c(OCc3ccccc3)c2)C1. The molecule has 0 aromatic heterocycles. The zero-order valence-corrected chi connectivity index (χ0v) is 18.9. The smallest absolute Gasteiger partial charge is 0.315 e. The standard InChI is InChI=1S/C24H29NO5S/c1-28-21-10-8-18(14-22(21)30-16-19-6-4-3-5-7-19)9-11-23(26)25-13-12-20(15-25)31-17-24(27)29-2/h3-8,10,14,20H,9,11-13,15-17H2,1-2H3/t20-/m1/s1. The lowest BCUT2D eigenvalue weighted by Crippen LogP contribution is -2.29. The first-order valence-electron chi connectivity index (χ1n) is 10.4. The van der Waals surface area contributed by atoms with Crippen molar-refractivity contribution in [3.05, 3.63) is 59.7 Å². The van der Waals surface area contributed by atoms with Gasteiger partial charge in [0.25, 0.3) is 0 Å². The first-order valence-corrected chi connectivity index (χ1v) is 11.4. The highest BCUT2D eigenvalue weighted by atomic mass is 32.2. The zero-order valence-electron chi connectivity index (χ0n) is 18.0. The second-order valence-electron chi connectivity index (χ2n) is 7.40. The van der Waals surface area contributed by atoms with E-state index in [0.717, 1.165) is 24.1 Å². The van der Waals surface area contributed by atoms with Crippen LogP contribution in [-0.2, 0) is 27.4 Å². The number of nitrogens with zero attached hydrogens (tertiary/aromatic N) is 1. The van der Waals surface area contributed by atoms with Crippen molar-refractivity contribution in [3.8, 4) is 11.5 Å². The lowest BCUT2D eigenvalue weighted by atomic mass is 10.1. The summed E-state index contributed by atoms with van der Waals surface area (Å²) in [5, 5.41) is 0.294. The third-order valence-electron chi connectivity index (χ3n) is 5.26. The predicted molar refractivity (Wildman–Crippen MR) is 122 cm³/mol. The number of carbonyl (C=O) groups is 2. The molecule has 0 aliphatic carbocycles. The van der Waals surface area contributed by atoms with Crippen LogP contribution in [0.1, 0.15) is 24.0 Å². The summed E-state index contributed by atoms with van der Waals surface area (Å²) in [4.78, 5) is 25.8. The average molecular weight is 444 g/mol. The summed E-state index contributed by atoms with van der Waals surface area (Å²) in [6, 6.07) is 15.8. The van der Waals surface area contributed by atoms with E-state index in [4.69, 9.17) is 9.47 Å². The van der Waals surface area contributed by atoms with Gasteiger partial charge in [-0.1, -0.05) is 36.4 Å². The van der Waals surface area contributed by atoms with Crippen LogP contribution in [0.4, 0.5) is 0 Å². The number of amides is 1. The van der Waals surface area contributed by atoms with Crippen LogP contribution in [0.25, 0.3) is 0 Å². The molecule has 3 rings (SSSR count). The Morgan fingerprint density at radius 2 is 1.87 bits per heavy atom. The minimum absolute atomic E-state index is 0.142. The third kappa shape index (κ3) is 6.92. The number of ether oxygens (including phenoxy) is 3. The molecular weight excluding hydrogens is 414 g/mol. The topological polar surface area (TPSA) is 65.1 Å². The van der Waals surface area contributed by atoms with Crippen molar-refractivity contribution in [2.75, 3.05) is 33.1 Å². The molecule has 1 saturated heterocycles. The van der Waals surface area contributed by atoms with E-state index < -0.39 is 0 Å². The van der Waals surface area contributed by atoms with E-state index in [0.29, 0.717) is 48.5 Å². The van der Waals surface area contributed by atoms with Crippen LogP contribution in [-0.4, -0.2) is 55.1 Å². The van der Waals surface area contributed by atoms with E-state index in [1.807, 2.05) is 53.4 Å². The van der Waals surface area contributed by atoms with Crippen LogP contribution in [0.2, 0.25) is 0 Å². The van der Waals surface area contributed by atoms with Gasteiger partial charge in [0.15, 0.2) is 11.5 Å². The molecule has 2 aromatic carbocycles. The maximum atomic E-state index is 12.6. The molecule has 6 nitrogen and oxygen atoms in total. The molecule has 1 fully saturated rings. The number of carbonyl (C=O) groups excluding carboxylic acids is 2. The van der Waals surface area contributed by atoms with Crippen LogP contribution in [0, 0.1) is 0 Å². The summed E-state index contributed by atoms with van der Waals surface area (Å²) >= 11 is 1.56. The first kappa shape index (κ1) is 23.0. The predicted octanol–water partition coefficient (Wildman–Crippen LogP) is 3.71. The molecule has 2 aromatic rings. The number of aryl methyl sites for hydroxylation is 1. The van der Waals surface area contributed by atoms with Crippen molar-refractivity contribution in [3.63, 3.8) is 0 Å². The van der Waals surface area contributed by atoms with E-state index in [1.165, 1.54) is 7.11 Å². The van der Waals surface area contributed by atoms with Crippen molar-refractivity contribution < 1.29 is 23.8 Å². The van der Waals surface area contributed by atoms with Crippen LogP contribution < -0.4 is 9.47 Å². The molecule has 0 radical (unpaired) electrons. The summed E-state index contributed by atoms with van der Waals surface area (Å²) in [6.07, 6.45) is 1.99. The van der Waals surface area contributed by atoms with Gasteiger partial charge in [-0.05, 0) is 36.1 Å². The van der Waals surface area contributed by atoms with Gasteiger partial charge >= 0.3 is 5.97 Å². The van der Waals surface area contributed by atoms with Crippen LogP contribution in [0.15, 0.2) is 48.5 Å². The second-order valence-corrected chi connectivity index (χ2v) is 8.69. The number of thioether (sulfide) groups is 1. The normalized spacial score (nSPS) is 15.5. The highest BCUT2D eigenvalue weighted by molar-refractivity contribution is 8.00. The van der Waals surface area contributed by atoms with Gasteiger partial charge < -0.3 is 19.1 Å². The molecule has 0 spiro atoms. The third-order valence-corrected chi connectivity index (χ3v) is 6.51. The molecule has 1 aliphatic rings. The van der Waals surface area contributed by atoms with Gasteiger partial charge in [0.2, 0.25) is 5.91 Å². The van der Waals surface area contributed by atoms with E-state index >= 15 is 0 Å². The lowest BCUT2D eigenvalue weighted by Gasteiger charge is -2.17. The fraction of sp³-hybridized carbons (Fsp3) is 0.417. The molecule has 1 amide bonds. The van der Waals surface area contributed by atoms with Gasteiger partial charge in [-0.15, -0.1) is 11.8 Å². The number of esters is 1. The van der Waals surface area contributed by atoms with Crippen molar-refractivity contribution in [2.45, 2.75) is 31.1 Å². The summed E-state index contributed by atoms with van der Waals surface area (Å²) in [6.45, 7) is 1.89. The molecule has 0 unspecified atom stereocenters. The van der Waals surface area contributed by atoms with E-state index in [1.54, 1.807) is 18.9 Å². The molecule has 0 bridgehead atoms. The molecule has 166 valence electrons. The fourth-order valence-electron chi connectivity index (χ4n) is 3.47. The number of benzene rings is 2. The zero-order chi connectivity index (χ0) is 22.1. The van der Waals surface area contributed by atoms with Crippen molar-refractivity contribution >= 4 is 23.6 Å². The van der Waals surface area contributed by atoms with Gasteiger partial charge in [0.1, 0.15) is 6.61 Å². The Hall–Kier alpha value is -2.67. The van der Waals surface area contributed by atoms with E-state index in [9.17, 15) is 9.59 Å². The van der Waals surface area contributed by atoms with Gasteiger partial charge in [-0.2, -0.15) is 0 Å². The molecule has 1 aliphatic heterocycles. The Kier molecular flexibility index (Phi) is 8.64. The molecule has 0 N–H and O–H groups in total. The lowest BCUT2D eigenvalue weighted by molar-refractivity contribution is -0.137. The minimum Gasteiger partial charge on any atom is -0.493 e. The largest absolute Gasteiger partial charge is 0.493 e. The summed E-state index contributed by atoms with van der Waals surface area (Å²) in [5.74, 6) is 1.61. The molecule has 31 heavy (non-hydrogen) atoms. The molecule has 0 saturated carbocycles. The number of hydrogen-bond acceptors (Lipinski definition) is 6. The molecule has 1 heterocycles. The minimum atomic E-state index is -0.223. The fourth-order valence-corrected chi connectivity index (χ4v) is 4.52. The Labute approximate surface area is 187 Å². The number of methoxy groups -OCH3 is 2. The van der Waals surface area contributed by atoms with Gasteiger partial charge in [-0.25, -0.2) is 0 Å². The number of likely N-dealkylation sites (tertiary alicyclic amines) is 1. The highest BCUT2D eigenvalue weighted by Crippen LogP contribution is 2.30. The van der Waals surface area contributed by atoms with Crippen LogP contribution in [0.3, 0.4) is 0 Å². The average Bonchev–Trinajstić information content (AvgIpc) is 3.29. The first-order chi connectivity index (χ1) is 15.1. The molecule has 1 atom stereocenters. The van der Waals surface area contributed by atoms with Gasteiger partial charge in [0.05, 0.1) is 20.0 Å². The number of hydrogen-bond donors (Lipinski definition) is 0. The molecular formula is C24H29NO5S. The van der Waals surface area contributed by atoms with Gasteiger partial charge in [0, 0.05) is 24.8 Å². The maximum absolute atomic E-state index is 12.6. The van der Waals surface area contributed by atoms with Crippen molar-refractivity contribution in [1.29, 1.82) is 0 Å². The molecule has 7 heteroatoms. The van der Waals surface area contributed by atoms with Crippen LogP contribution >= 0.6 is 11.8 Å². The van der Waals surface area contributed by atoms with Crippen molar-refractivity contribution in [1.82, 2.24) is 4.90 Å². The Morgan fingerprint density at radius 3 is 2.61 bits per heavy atom. The summed E-state index contributed by atoms with van der Waals surface area (Å²) in [7, 11) is 3.01. The summed E-state index contributed by atoms with van der Waals surface area (Å²) in [5.41, 5.74) is 2.12. The monoisotopic (exact) mass is 443 g/mol. The highest BCUT2D eigenvalue weighted by Gasteiger charge is 2.26. The second kappa shape index (κ2) is 11.6. The quantitative estimate of drug-likeness (QED) is 0.522. The Morgan fingerprint density at radius 1 is 1.06 bits per heavy atom. The number of rotatable bonds is 10. The van der Waals surface area contributed by atoms with E-state index in [-0.39, 0.29) is 11.9 Å². The maximum Gasteiger partial charge on any atom is 0.315 e. The van der Waals surface area contributed by atoms with E-state index in [2.05, 4.69) is 4.74 Å². The van der Waals surface area contributed by atoms with Gasteiger partial charge in [-0.3, -0.25) is 9.59 Å². The Balaban J connectivity index is 1.50. The Bertz CT molecular complexity index is 874.